The monoisotopic (exact) mass is 466 g/mol. The van der Waals surface area contributed by atoms with Gasteiger partial charge < -0.3 is 10.6 Å². The number of amides is 2. The largest absolute Gasteiger partial charge is 0.332 e. The zero-order valence-electron chi connectivity index (χ0n) is 17.3. The van der Waals surface area contributed by atoms with E-state index in [1.165, 1.54) is 28.8 Å². The highest BCUT2D eigenvalue weighted by atomic mass is 32.1. The standard InChI is InChI=1S/C23H19FN4O4S/c24-15-6-8-17(9-7-15)25-19(29)10-12-27-22(31)21-18(11-13-33-21)28(23(27)32)14-20(30)26-16-4-2-1-3-5-16/h1-9,11,13H,10,12,14H2,(H,25,29)(H,26,30). The molecule has 0 saturated heterocycles. The molecule has 0 aliphatic rings. The predicted molar refractivity (Wildman–Crippen MR) is 125 cm³/mol. The minimum absolute atomic E-state index is 0.153. The van der Waals surface area contributed by atoms with E-state index in [1.54, 1.807) is 35.7 Å². The third kappa shape index (κ3) is 5.07. The SMILES string of the molecule is O=C(CCn1c(=O)c2sccc2n(CC(=O)Nc2ccccc2)c1=O)Nc1ccc(F)cc1. The molecule has 168 valence electrons. The average molecular weight is 466 g/mol. The Morgan fingerprint density at radius 1 is 0.848 bits per heavy atom. The van der Waals surface area contributed by atoms with Crippen LogP contribution in [0.5, 0.6) is 0 Å². The normalized spacial score (nSPS) is 10.8. The highest BCUT2D eigenvalue weighted by molar-refractivity contribution is 7.17. The second-order valence-electron chi connectivity index (χ2n) is 7.18. The molecule has 0 atom stereocenters. The minimum Gasteiger partial charge on any atom is -0.326 e. The van der Waals surface area contributed by atoms with Crippen molar-refractivity contribution in [2.75, 3.05) is 10.6 Å². The van der Waals surface area contributed by atoms with Gasteiger partial charge in [-0.2, -0.15) is 0 Å². The molecule has 0 spiro atoms. The van der Waals surface area contributed by atoms with E-state index in [9.17, 15) is 23.6 Å². The zero-order valence-corrected chi connectivity index (χ0v) is 18.1. The first-order valence-corrected chi connectivity index (χ1v) is 10.9. The van der Waals surface area contributed by atoms with E-state index in [2.05, 4.69) is 10.6 Å². The zero-order chi connectivity index (χ0) is 23.4. The van der Waals surface area contributed by atoms with Crippen LogP contribution in [-0.2, 0) is 22.7 Å². The number of hydrogen-bond donors (Lipinski definition) is 2. The third-order valence-corrected chi connectivity index (χ3v) is 5.78. The molecule has 2 amide bonds. The van der Waals surface area contributed by atoms with Gasteiger partial charge in [-0.05, 0) is 47.8 Å². The van der Waals surface area contributed by atoms with Gasteiger partial charge in [0.15, 0.2) is 0 Å². The van der Waals surface area contributed by atoms with Crippen molar-refractivity contribution in [2.45, 2.75) is 19.5 Å². The van der Waals surface area contributed by atoms with Gasteiger partial charge in [-0.25, -0.2) is 9.18 Å². The Morgan fingerprint density at radius 3 is 2.24 bits per heavy atom. The summed E-state index contributed by atoms with van der Waals surface area (Å²) in [7, 11) is 0. The first-order valence-electron chi connectivity index (χ1n) is 10.0. The second-order valence-corrected chi connectivity index (χ2v) is 8.10. The molecule has 4 aromatic rings. The maximum absolute atomic E-state index is 13.1. The van der Waals surface area contributed by atoms with Crippen LogP contribution in [0.15, 0.2) is 75.6 Å². The first-order chi connectivity index (χ1) is 15.9. The lowest BCUT2D eigenvalue weighted by atomic mass is 10.3. The smallest absolute Gasteiger partial charge is 0.326 e. The molecule has 2 aromatic carbocycles. The number of carbonyl (C=O) groups is 2. The van der Waals surface area contributed by atoms with Crippen molar-refractivity contribution in [1.82, 2.24) is 9.13 Å². The van der Waals surface area contributed by atoms with Crippen molar-refractivity contribution >= 4 is 44.7 Å². The molecule has 0 saturated carbocycles. The van der Waals surface area contributed by atoms with Crippen LogP contribution in [0.3, 0.4) is 0 Å². The van der Waals surface area contributed by atoms with Gasteiger partial charge in [0.1, 0.15) is 17.1 Å². The van der Waals surface area contributed by atoms with Gasteiger partial charge in [0, 0.05) is 24.3 Å². The van der Waals surface area contributed by atoms with E-state index in [0.717, 1.165) is 15.9 Å². The van der Waals surface area contributed by atoms with Crippen LogP contribution in [0.25, 0.3) is 10.2 Å². The maximum atomic E-state index is 13.1. The molecule has 0 radical (unpaired) electrons. The third-order valence-electron chi connectivity index (χ3n) is 4.89. The molecule has 2 N–H and O–H groups in total. The van der Waals surface area contributed by atoms with Crippen molar-refractivity contribution in [3.05, 3.63) is 92.7 Å². The lowest BCUT2D eigenvalue weighted by Gasteiger charge is -2.12. The summed E-state index contributed by atoms with van der Waals surface area (Å²) in [6, 6.07) is 15.7. The second kappa shape index (κ2) is 9.61. The first kappa shape index (κ1) is 22.2. The summed E-state index contributed by atoms with van der Waals surface area (Å²) in [5.74, 6) is -1.29. The van der Waals surface area contributed by atoms with E-state index in [4.69, 9.17) is 0 Å². The number of nitrogens with zero attached hydrogens (tertiary/aromatic N) is 2. The number of nitrogens with one attached hydrogen (secondary N) is 2. The molecule has 0 bridgehead atoms. The predicted octanol–water partition coefficient (Wildman–Crippen LogP) is 3.03. The number of benzene rings is 2. The lowest BCUT2D eigenvalue weighted by Crippen LogP contribution is -2.41. The van der Waals surface area contributed by atoms with Crippen molar-refractivity contribution in [3.8, 4) is 0 Å². The Bertz CT molecular complexity index is 1430. The van der Waals surface area contributed by atoms with Crippen molar-refractivity contribution in [3.63, 3.8) is 0 Å². The van der Waals surface area contributed by atoms with Crippen LogP contribution in [-0.4, -0.2) is 20.9 Å². The summed E-state index contributed by atoms with van der Waals surface area (Å²) < 4.78 is 15.5. The minimum atomic E-state index is -0.677. The number of anilines is 2. The van der Waals surface area contributed by atoms with Crippen LogP contribution in [0.4, 0.5) is 15.8 Å². The fourth-order valence-corrected chi connectivity index (χ4v) is 4.16. The molecule has 4 rings (SSSR count). The van der Waals surface area contributed by atoms with Crippen molar-refractivity contribution in [2.24, 2.45) is 0 Å². The Kier molecular flexibility index (Phi) is 6.45. The summed E-state index contributed by atoms with van der Waals surface area (Å²) in [5.41, 5.74) is 0.161. The highest BCUT2D eigenvalue weighted by Crippen LogP contribution is 2.16. The van der Waals surface area contributed by atoms with Crippen molar-refractivity contribution in [1.29, 1.82) is 0 Å². The molecule has 33 heavy (non-hydrogen) atoms. The summed E-state index contributed by atoms with van der Waals surface area (Å²) in [5, 5.41) is 6.98. The van der Waals surface area contributed by atoms with Gasteiger partial charge in [0.25, 0.3) is 5.56 Å². The van der Waals surface area contributed by atoms with Crippen LogP contribution in [0, 0.1) is 5.82 Å². The fourth-order valence-electron chi connectivity index (χ4n) is 3.32. The highest BCUT2D eigenvalue weighted by Gasteiger charge is 2.17. The molecule has 8 nitrogen and oxygen atoms in total. The number of halogens is 1. The van der Waals surface area contributed by atoms with Gasteiger partial charge in [0.05, 0.1) is 5.52 Å². The number of hydrogen-bond acceptors (Lipinski definition) is 5. The Morgan fingerprint density at radius 2 is 1.52 bits per heavy atom. The van der Waals surface area contributed by atoms with Gasteiger partial charge in [0.2, 0.25) is 11.8 Å². The van der Waals surface area contributed by atoms with Gasteiger partial charge in [-0.3, -0.25) is 23.5 Å². The number of fused-ring (bicyclic) bond motifs is 1. The molecule has 10 heteroatoms. The van der Waals surface area contributed by atoms with Crippen LogP contribution in [0.2, 0.25) is 0 Å². The number of para-hydroxylation sites is 1. The average Bonchev–Trinajstić information content (AvgIpc) is 3.29. The van der Waals surface area contributed by atoms with E-state index in [-0.39, 0.29) is 19.5 Å². The summed E-state index contributed by atoms with van der Waals surface area (Å²) >= 11 is 1.16. The van der Waals surface area contributed by atoms with E-state index in [0.29, 0.717) is 21.6 Å². The molecule has 0 fully saturated rings. The molecule has 0 aliphatic heterocycles. The Labute approximate surface area is 190 Å². The number of carbonyl (C=O) groups excluding carboxylic acids is 2. The Balaban J connectivity index is 1.55. The number of thiophene rings is 1. The summed E-state index contributed by atoms with van der Waals surface area (Å²) in [6.07, 6.45) is -0.153. The number of aromatic nitrogens is 2. The maximum Gasteiger partial charge on any atom is 0.332 e. The van der Waals surface area contributed by atoms with Crippen molar-refractivity contribution < 1.29 is 14.0 Å². The molecular weight excluding hydrogens is 447 g/mol. The van der Waals surface area contributed by atoms with Crippen LogP contribution < -0.4 is 21.9 Å². The summed E-state index contributed by atoms with van der Waals surface area (Å²) in [4.78, 5) is 50.7. The number of rotatable bonds is 7. The molecule has 2 aromatic heterocycles. The Hall–Kier alpha value is -4.05. The lowest BCUT2D eigenvalue weighted by molar-refractivity contribution is -0.117. The van der Waals surface area contributed by atoms with E-state index >= 15 is 0 Å². The van der Waals surface area contributed by atoms with E-state index in [1.807, 2.05) is 6.07 Å². The quantitative estimate of drug-likeness (QED) is 0.437. The molecular formula is C23H19FN4O4S. The van der Waals surface area contributed by atoms with Crippen LogP contribution in [0.1, 0.15) is 6.42 Å². The molecule has 2 heterocycles. The topological polar surface area (TPSA) is 102 Å². The summed E-state index contributed by atoms with van der Waals surface area (Å²) in [6.45, 7) is -0.456. The van der Waals surface area contributed by atoms with Gasteiger partial charge in [-0.15, -0.1) is 11.3 Å². The van der Waals surface area contributed by atoms with Crippen LogP contribution >= 0.6 is 11.3 Å². The molecule has 0 aliphatic carbocycles. The fraction of sp³-hybridized carbons (Fsp3) is 0.130. The van der Waals surface area contributed by atoms with Gasteiger partial charge >= 0.3 is 5.69 Å². The van der Waals surface area contributed by atoms with E-state index < -0.39 is 28.9 Å². The van der Waals surface area contributed by atoms with Gasteiger partial charge in [-0.1, -0.05) is 18.2 Å². The molecule has 0 unspecified atom stereocenters.